The molecule has 0 amide bonds. The molecule has 1 atom stereocenters. The molecular weight excluding hydrogens is 361 g/mol. The van der Waals surface area contributed by atoms with Gasteiger partial charge in [0.25, 0.3) is 0 Å². The Balaban J connectivity index is 1.59. The molecule has 0 saturated carbocycles. The summed E-state index contributed by atoms with van der Waals surface area (Å²) < 4.78 is 13.5. The van der Waals surface area contributed by atoms with E-state index in [0.717, 1.165) is 41.5 Å². The Kier molecular flexibility index (Phi) is 4.57. The Labute approximate surface area is 169 Å². The third-order valence-corrected chi connectivity index (χ3v) is 5.85. The normalized spacial score (nSPS) is 17.1. The number of hydrogen-bond acceptors (Lipinski definition) is 3. The van der Waals surface area contributed by atoms with E-state index in [1.165, 1.54) is 22.8 Å². The van der Waals surface area contributed by atoms with Crippen LogP contribution in [0.25, 0.3) is 22.0 Å². The molecule has 0 bridgehead atoms. The van der Waals surface area contributed by atoms with Crippen LogP contribution in [0, 0.1) is 5.82 Å². The van der Waals surface area contributed by atoms with Gasteiger partial charge in [-0.05, 0) is 77.8 Å². The van der Waals surface area contributed by atoms with E-state index in [0.29, 0.717) is 5.92 Å². The van der Waals surface area contributed by atoms with Gasteiger partial charge >= 0.3 is 0 Å². The molecule has 29 heavy (non-hydrogen) atoms. The molecule has 4 aromatic rings. The average molecular weight is 383 g/mol. The van der Waals surface area contributed by atoms with Gasteiger partial charge in [0, 0.05) is 24.2 Å². The Morgan fingerprint density at radius 2 is 1.83 bits per heavy atom. The van der Waals surface area contributed by atoms with Crippen LogP contribution in [-0.2, 0) is 6.54 Å². The van der Waals surface area contributed by atoms with Crippen molar-refractivity contribution in [3.8, 4) is 11.3 Å². The van der Waals surface area contributed by atoms with Gasteiger partial charge in [0.1, 0.15) is 5.82 Å². The molecule has 1 aliphatic heterocycles. The second-order valence-corrected chi connectivity index (χ2v) is 7.85. The summed E-state index contributed by atoms with van der Waals surface area (Å²) in [6, 6.07) is 22.0. The zero-order valence-electron chi connectivity index (χ0n) is 16.3. The van der Waals surface area contributed by atoms with Gasteiger partial charge in [-0.1, -0.05) is 36.4 Å². The highest BCUT2D eigenvalue weighted by Gasteiger charge is 2.23. The zero-order chi connectivity index (χ0) is 19.8. The van der Waals surface area contributed by atoms with Crippen LogP contribution in [0.5, 0.6) is 0 Å². The quantitative estimate of drug-likeness (QED) is 0.464. The first-order valence-electron chi connectivity index (χ1n) is 9.96. The fourth-order valence-electron chi connectivity index (χ4n) is 4.37. The predicted octanol–water partition coefficient (Wildman–Crippen LogP) is 5.40. The highest BCUT2D eigenvalue weighted by Crippen LogP contribution is 2.36. The molecule has 0 N–H and O–H groups in total. The first kappa shape index (κ1) is 18.0. The van der Waals surface area contributed by atoms with Crippen molar-refractivity contribution < 1.29 is 4.39 Å². The second-order valence-electron chi connectivity index (χ2n) is 7.85. The van der Waals surface area contributed by atoms with Crippen molar-refractivity contribution >= 4 is 10.8 Å². The van der Waals surface area contributed by atoms with Gasteiger partial charge in [0.05, 0.1) is 5.69 Å². The van der Waals surface area contributed by atoms with Gasteiger partial charge in [-0.2, -0.15) is 10.2 Å². The molecule has 144 valence electrons. The van der Waals surface area contributed by atoms with Gasteiger partial charge in [-0.3, -0.25) is 0 Å². The first-order chi connectivity index (χ1) is 14.2. The predicted molar refractivity (Wildman–Crippen MR) is 114 cm³/mol. The van der Waals surface area contributed by atoms with E-state index in [1.807, 2.05) is 24.3 Å². The highest BCUT2D eigenvalue weighted by molar-refractivity contribution is 5.83. The molecule has 1 unspecified atom stereocenters. The Bertz CT molecular complexity index is 1170. The summed E-state index contributed by atoms with van der Waals surface area (Å²) >= 11 is 0. The molecule has 5 rings (SSSR count). The lowest BCUT2D eigenvalue weighted by Crippen LogP contribution is -2.17. The molecule has 0 spiro atoms. The summed E-state index contributed by atoms with van der Waals surface area (Å²) in [7, 11) is 2.17. The van der Waals surface area contributed by atoms with E-state index in [4.69, 9.17) is 0 Å². The van der Waals surface area contributed by atoms with E-state index < -0.39 is 0 Å². The fourth-order valence-corrected chi connectivity index (χ4v) is 4.37. The number of benzene rings is 3. The largest absolute Gasteiger partial charge is 0.302 e. The minimum atomic E-state index is -0.191. The van der Waals surface area contributed by atoms with Crippen molar-refractivity contribution in [2.45, 2.75) is 18.9 Å². The van der Waals surface area contributed by atoms with Crippen molar-refractivity contribution in [1.82, 2.24) is 15.1 Å². The zero-order valence-corrected chi connectivity index (χ0v) is 16.3. The molecule has 0 radical (unpaired) electrons. The SMILES string of the molecule is CN1CCC(c2ccc3cc(F)ccc3c2)c2ccc(-c3cccnn3)cc2C1. The van der Waals surface area contributed by atoms with Crippen LogP contribution in [0.4, 0.5) is 4.39 Å². The van der Waals surface area contributed by atoms with Gasteiger partial charge in [-0.15, -0.1) is 0 Å². The average Bonchev–Trinajstić information content (AvgIpc) is 2.91. The maximum atomic E-state index is 13.5. The van der Waals surface area contributed by atoms with Crippen LogP contribution in [0.15, 0.2) is 72.9 Å². The van der Waals surface area contributed by atoms with Crippen LogP contribution in [0.3, 0.4) is 0 Å². The van der Waals surface area contributed by atoms with Crippen LogP contribution in [0.1, 0.15) is 29.0 Å². The molecule has 2 heterocycles. The van der Waals surface area contributed by atoms with E-state index in [1.54, 1.807) is 12.3 Å². The number of fused-ring (bicyclic) bond motifs is 2. The van der Waals surface area contributed by atoms with Crippen LogP contribution in [-0.4, -0.2) is 28.7 Å². The van der Waals surface area contributed by atoms with Crippen LogP contribution in [0.2, 0.25) is 0 Å². The lowest BCUT2D eigenvalue weighted by molar-refractivity contribution is 0.328. The molecular formula is C25H22FN3. The Morgan fingerprint density at radius 1 is 0.966 bits per heavy atom. The van der Waals surface area contributed by atoms with Crippen molar-refractivity contribution in [1.29, 1.82) is 0 Å². The summed E-state index contributed by atoms with van der Waals surface area (Å²) in [5.74, 6) is 0.128. The maximum Gasteiger partial charge on any atom is 0.123 e. The lowest BCUT2D eigenvalue weighted by Gasteiger charge is -2.19. The fraction of sp³-hybridized carbons (Fsp3) is 0.200. The molecule has 3 nitrogen and oxygen atoms in total. The summed E-state index contributed by atoms with van der Waals surface area (Å²) in [4.78, 5) is 2.37. The molecule has 0 saturated heterocycles. The van der Waals surface area contributed by atoms with Gasteiger partial charge in [0.15, 0.2) is 0 Å². The van der Waals surface area contributed by atoms with Gasteiger partial charge in [-0.25, -0.2) is 4.39 Å². The van der Waals surface area contributed by atoms with E-state index in [-0.39, 0.29) is 5.82 Å². The van der Waals surface area contributed by atoms with E-state index in [9.17, 15) is 4.39 Å². The third-order valence-electron chi connectivity index (χ3n) is 5.85. The van der Waals surface area contributed by atoms with Crippen molar-refractivity contribution in [2.75, 3.05) is 13.6 Å². The molecule has 3 aromatic carbocycles. The minimum Gasteiger partial charge on any atom is -0.302 e. The minimum absolute atomic E-state index is 0.191. The Hall–Kier alpha value is -3.11. The summed E-state index contributed by atoms with van der Waals surface area (Å²) in [5.41, 5.74) is 5.97. The molecule has 0 aliphatic carbocycles. The summed E-state index contributed by atoms with van der Waals surface area (Å²) in [6.45, 7) is 1.94. The smallest absolute Gasteiger partial charge is 0.123 e. The standard InChI is InChI=1S/C25H22FN3/c1-29-12-10-24(19-5-4-18-15-22(26)8-6-17(18)13-19)23-9-7-20(14-21(23)16-29)25-3-2-11-27-28-25/h2-9,11,13-15,24H,10,12,16H2,1H3. The highest BCUT2D eigenvalue weighted by atomic mass is 19.1. The maximum absolute atomic E-state index is 13.5. The van der Waals surface area contributed by atoms with E-state index >= 15 is 0 Å². The number of halogens is 1. The van der Waals surface area contributed by atoms with Gasteiger partial charge in [0.2, 0.25) is 0 Å². The van der Waals surface area contributed by atoms with Crippen molar-refractivity contribution in [3.05, 3.63) is 95.4 Å². The van der Waals surface area contributed by atoms with Gasteiger partial charge < -0.3 is 4.90 Å². The number of hydrogen-bond donors (Lipinski definition) is 0. The number of aromatic nitrogens is 2. The second kappa shape index (κ2) is 7.37. The molecule has 1 aromatic heterocycles. The summed E-state index contributed by atoms with van der Waals surface area (Å²) in [6.07, 6.45) is 2.75. The third kappa shape index (κ3) is 3.52. The number of nitrogens with zero attached hydrogens (tertiary/aromatic N) is 3. The van der Waals surface area contributed by atoms with Crippen molar-refractivity contribution in [3.63, 3.8) is 0 Å². The first-order valence-corrected chi connectivity index (χ1v) is 9.96. The Morgan fingerprint density at radius 3 is 2.69 bits per heavy atom. The monoisotopic (exact) mass is 383 g/mol. The molecule has 1 aliphatic rings. The summed E-state index contributed by atoms with van der Waals surface area (Å²) in [5, 5.41) is 10.3. The number of rotatable bonds is 2. The lowest BCUT2D eigenvalue weighted by atomic mass is 9.85. The molecule has 0 fully saturated rings. The topological polar surface area (TPSA) is 29.0 Å². The van der Waals surface area contributed by atoms with Crippen molar-refractivity contribution in [2.24, 2.45) is 0 Å². The van der Waals surface area contributed by atoms with Crippen LogP contribution >= 0.6 is 0 Å². The molecule has 4 heteroatoms. The van der Waals surface area contributed by atoms with E-state index in [2.05, 4.69) is 52.5 Å². The van der Waals surface area contributed by atoms with Crippen LogP contribution < -0.4 is 0 Å².